The van der Waals surface area contributed by atoms with E-state index in [4.69, 9.17) is 11.6 Å². The summed E-state index contributed by atoms with van der Waals surface area (Å²) in [5.74, 6) is 0. The molecule has 1 saturated heterocycles. The standard InChI is InChI=1S/C14H16ClN3.ClH/c15-13-3-1-2-11-12(13)8-17-9-14(11)18-10-4-6-16-7-5-10;/h1-3,8-10,16,18H,4-7H2;1H. The van der Waals surface area contributed by atoms with E-state index in [0.717, 1.165) is 47.4 Å². The van der Waals surface area contributed by atoms with Gasteiger partial charge in [0.1, 0.15) is 0 Å². The average molecular weight is 298 g/mol. The molecule has 1 aromatic carbocycles. The lowest BCUT2D eigenvalue weighted by Gasteiger charge is -2.25. The molecular weight excluding hydrogens is 281 g/mol. The maximum absolute atomic E-state index is 6.19. The Bertz CT molecular complexity index is 553. The van der Waals surface area contributed by atoms with Gasteiger partial charge in [0, 0.05) is 23.0 Å². The summed E-state index contributed by atoms with van der Waals surface area (Å²) in [6, 6.07) is 6.50. The highest BCUT2D eigenvalue weighted by atomic mass is 35.5. The predicted octanol–water partition coefficient (Wildman–Crippen LogP) is 3.47. The Morgan fingerprint density at radius 1 is 1.16 bits per heavy atom. The number of fused-ring (bicyclic) bond motifs is 1. The van der Waals surface area contributed by atoms with Crippen molar-refractivity contribution in [2.24, 2.45) is 0 Å². The second kappa shape index (κ2) is 6.42. The fraction of sp³-hybridized carbons (Fsp3) is 0.357. The molecule has 2 N–H and O–H groups in total. The summed E-state index contributed by atoms with van der Waals surface area (Å²) in [5, 5.41) is 9.88. The van der Waals surface area contributed by atoms with Crippen LogP contribution in [0.4, 0.5) is 5.69 Å². The number of hydrogen-bond donors (Lipinski definition) is 2. The molecular formula is C14H17Cl2N3. The Balaban J connectivity index is 0.00000133. The van der Waals surface area contributed by atoms with Crippen LogP contribution in [-0.4, -0.2) is 24.1 Å². The molecule has 19 heavy (non-hydrogen) atoms. The van der Waals surface area contributed by atoms with Crippen LogP contribution < -0.4 is 10.6 Å². The van der Waals surface area contributed by atoms with E-state index in [1.165, 1.54) is 0 Å². The number of hydrogen-bond acceptors (Lipinski definition) is 3. The van der Waals surface area contributed by atoms with Crippen molar-refractivity contribution in [3.05, 3.63) is 35.6 Å². The van der Waals surface area contributed by atoms with Gasteiger partial charge in [0.05, 0.1) is 16.9 Å². The maximum Gasteiger partial charge on any atom is 0.0609 e. The molecule has 1 aliphatic heterocycles. The molecule has 1 aliphatic rings. The van der Waals surface area contributed by atoms with Crippen molar-refractivity contribution in [1.29, 1.82) is 0 Å². The lowest BCUT2D eigenvalue weighted by atomic mass is 10.1. The Hall–Kier alpha value is -1.03. The van der Waals surface area contributed by atoms with Crippen molar-refractivity contribution in [3.63, 3.8) is 0 Å². The van der Waals surface area contributed by atoms with Crippen molar-refractivity contribution < 1.29 is 0 Å². The van der Waals surface area contributed by atoms with Gasteiger partial charge in [-0.25, -0.2) is 0 Å². The Labute approximate surface area is 124 Å². The molecule has 0 saturated carbocycles. The topological polar surface area (TPSA) is 37.0 Å². The number of aromatic nitrogens is 1. The van der Waals surface area contributed by atoms with Crippen molar-refractivity contribution >= 4 is 40.5 Å². The number of piperidine rings is 1. The highest BCUT2D eigenvalue weighted by Gasteiger charge is 2.14. The van der Waals surface area contributed by atoms with E-state index in [-0.39, 0.29) is 12.4 Å². The van der Waals surface area contributed by atoms with Gasteiger partial charge in [0.25, 0.3) is 0 Å². The van der Waals surface area contributed by atoms with Gasteiger partial charge in [0.15, 0.2) is 0 Å². The zero-order chi connectivity index (χ0) is 12.4. The van der Waals surface area contributed by atoms with E-state index in [1.807, 2.05) is 24.5 Å². The third kappa shape index (κ3) is 3.11. The van der Waals surface area contributed by atoms with Crippen LogP contribution in [0.5, 0.6) is 0 Å². The van der Waals surface area contributed by atoms with Gasteiger partial charge in [-0.1, -0.05) is 23.7 Å². The van der Waals surface area contributed by atoms with Crippen LogP contribution >= 0.6 is 24.0 Å². The number of rotatable bonds is 2. The SMILES string of the molecule is Cl.Clc1cccc2c(NC3CCNCC3)cncc12. The first kappa shape index (κ1) is 14.4. The molecule has 102 valence electrons. The molecule has 0 spiro atoms. The van der Waals surface area contributed by atoms with E-state index >= 15 is 0 Å². The molecule has 2 aromatic rings. The van der Waals surface area contributed by atoms with Crippen LogP contribution in [0.25, 0.3) is 10.8 Å². The Kier molecular flexibility index (Phi) is 4.86. The van der Waals surface area contributed by atoms with Crippen molar-refractivity contribution in [2.45, 2.75) is 18.9 Å². The molecule has 0 atom stereocenters. The van der Waals surface area contributed by atoms with Gasteiger partial charge >= 0.3 is 0 Å². The molecule has 0 unspecified atom stereocenters. The molecule has 3 rings (SSSR count). The fourth-order valence-corrected chi connectivity index (χ4v) is 2.68. The molecule has 1 fully saturated rings. The minimum atomic E-state index is 0. The number of halogens is 2. The number of benzene rings is 1. The van der Waals surface area contributed by atoms with Crippen molar-refractivity contribution in [3.8, 4) is 0 Å². The molecule has 0 bridgehead atoms. The molecule has 0 amide bonds. The molecule has 0 radical (unpaired) electrons. The first-order valence-electron chi connectivity index (χ1n) is 6.34. The highest BCUT2D eigenvalue weighted by Crippen LogP contribution is 2.28. The van der Waals surface area contributed by atoms with Crippen LogP contribution in [-0.2, 0) is 0 Å². The monoisotopic (exact) mass is 297 g/mol. The quantitative estimate of drug-likeness (QED) is 0.891. The van der Waals surface area contributed by atoms with Crippen LogP contribution in [0.1, 0.15) is 12.8 Å². The van der Waals surface area contributed by atoms with E-state index in [0.29, 0.717) is 6.04 Å². The average Bonchev–Trinajstić information content (AvgIpc) is 2.41. The normalized spacial score (nSPS) is 16.1. The van der Waals surface area contributed by atoms with E-state index in [9.17, 15) is 0 Å². The lowest BCUT2D eigenvalue weighted by Crippen LogP contribution is -2.35. The summed E-state index contributed by atoms with van der Waals surface area (Å²) in [6.07, 6.45) is 6.01. The van der Waals surface area contributed by atoms with Gasteiger partial charge in [-0.3, -0.25) is 4.98 Å². The van der Waals surface area contributed by atoms with E-state index in [1.54, 1.807) is 0 Å². The first-order valence-corrected chi connectivity index (χ1v) is 6.72. The zero-order valence-electron chi connectivity index (χ0n) is 10.5. The van der Waals surface area contributed by atoms with Crippen LogP contribution in [0.2, 0.25) is 5.02 Å². The first-order chi connectivity index (χ1) is 8.84. The van der Waals surface area contributed by atoms with Crippen molar-refractivity contribution in [1.82, 2.24) is 10.3 Å². The maximum atomic E-state index is 6.19. The third-order valence-corrected chi connectivity index (χ3v) is 3.78. The van der Waals surface area contributed by atoms with Gasteiger partial charge in [-0.05, 0) is 32.0 Å². The minimum absolute atomic E-state index is 0. The molecule has 5 heteroatoms. The minimum Gasteiger partial charge on any atom is -0.380 e. The van der Waals surface area contributed by atoms with Gasteiger partial charge in [-0.2, -0.15) is 0 Å². The van der Waals surface area contributed by atoms with Gasteiger partial charge in [-0.15, -0.1) is 12.4 Å². The van der Waals surface area contributed by atoms with Crippen LogP contribution in [0.15, 0.2) is 30.6 Å². The fourth-order valence-electron chi connectivity index (χ4n) is 2.46. The smallest absolute Gasteiger partial charge is 0.0609 e. The summed E-state index contributed by atoms with van der Waals surface area (Å²) in [7, 11) is 0. The summed E-state index contributed by atoms with van der Waals surface area (Å²) >= 11 is 6.19. The predicted molar refractivity (Wildman–Crippen MR) is 83.5 cm³/mol. The summed E-state index contributed by atoms with van der Waals surface area (Å²) in [4.78, 5) is 4.28. The number of anilines is 1. The molecule has 1 aromatic heterocycles. The largest absolute Gasteiger partial charge is 0.380 e. The molecule has 3 nitrogen and oxygen atoms in total. The molecule has 0 aliphatic carbocycles. The lowest BCUT2D eigenvalue weighted by molar-refractivity contribution is 0.479. The number of nitrogens with one attached hydrogen (secondary N) is 2. The van der Waals surface area contributed by atoms with Crippen molar-refractivity contribution in [2.75, 3.05) is 18.4 Å². The van der Waals surface area contributed by atoms with Gasteiger partial charge < -0.3 is 10.6 Å². The summed E-state index contributed by atoms with van der Waals surface area (Å²) in [5.41, 5.74) is 1.09. The summed E-state index contributed by atoms with van der Waals surface area (Å²) in [6.45, 7) is 2.16. The Morgan fingerprint density at radius 2 is 1.95 bits per heavy atom. The number of nitrogens with zero attached hydrogens (tertiary/aromatic N) is 1. The van der Waals surface area contributed by atoms with E-state index in [2.05, 4.69) is 21.7 Å². The van der Waals surface area contributed by atoms with Gasteiger partial charge in [0.2, 0.25) is 0 Å². The second-order valence-electron chi connectivity index (χ2n) is 4.69. The number of pyridine rings is 1. The zero-order valence-corrected chi connectivity index (χ0v) is 12.1. The highest BCUT2D eigenvalue weighted by molar-refractivity contribution is 6.35. The van der Waals surface area contributed by atoms with E-state index < -0.39 is 0 Å². The van der Waals surface area contributed by atoms with Crippen LogP contribution in [0.3, 0.4) is 0 Å². The summed E-state index contributed by atoms with van der Waals surface area (Å²) < 4.78 is 0. The Morgan fingerprint density at radius 3 is 2.74 bits per heavy atom. The third-order valence-electron chi connectivity index (χ3n) is 3.45. The molecule has 2 heterocycles. The van der Waals surface area contributed by atoms with Crippen LogP contribution in [0, 0.1) is 0 Å². The second-order valence-corrected chi connectivity index (χ2v) is 5.10.